The quantitative estimate of drug-likeness (QED) is 0.833. The van der Waals surface area contributed by atoms with Gasteiger partial charge in [-0.3, -0.25) is 0 Å². The van der Waals surface area contributed by atoms with Crippen molar-refractivity contribution in [1.29, 1.82) is 0 Å². The van der Waals surface area contributed by atoms with Gasteiger partial charge in [0.2, 0.25) is 0 Å². The number of hydrogen-bond donors (Lipinski definition) is 1. The van der Waals surface area contributed by atoms with Crippen LogP contribution in [-0.4, -0.2) is 0 Å². The van der Waals surface area contributed by atoms with E-state index in [9.17, 15) is 4.39 Å². The fraction of sp³-hybridized carbons (Fsp3) is 0.600. The fourth-order valence-corrected chi connectivity index (χ4v) is 1.92. The minimum Gasteiger partial charge on any atom is -0.321 e. The van der Waals surface area contributed by atoms with Gasteiger partial charge in [-0.15, -0.1) is 0 Å². The third kappa shape index (κ3) is 4.12. The fourth-order valence-electron chi connectivity index (χ4n) is 1.92. The van der Waals surface area contributed by atoms with Crippen LogP contribution in [0.3, 0.4) is 0 Å². The van der Waals surface area contributed by atoms with Crippen LogP contribution in [0.5, 0.6) is 0 Å². The smallest absolute Gasteiger partial charge is 0.123 e. The monoisotopic (exact) mass is 237 g/mol. The van der Waals surface area contributed by atoms with Gasteiger partial charge in [-0.25, -0.2) is 4.39 Å². The largest absolute Gasteiger partial charge is 0.321 e. The molecule has 0 aliphatic rings. The maximum absolute atomic E-state index is 13.3. The molecule has 0 radical (unpaired) electrons. The highest BCUT2D eigenvalue weighted by atomic mass is 19.1. The average Bonchev–Trinajstić information content (AvgIpc) is 2.25. The summed E-state index contributed by atoms with van der Waals surface area (Å²) < 4.78 is 13.3. The summed E-state index contributed by atoms with van der Waals surface area (Å²) in [6.07, 6.45) is 2.75. The van der Waals surface area contributed by atoms with E-state index in [1.54, 1.807) is 12.1 Å². The van der Waals surface area contributed by atoms with Crippen LogP contribution >= 0.6 is 0 Å². The van der Waals surface area contributed by atoms with Gasteiger partial charge in [0.25, 0.3) is 0 Å². The van der Waals surface area contributed by atoms with Gasteiger partial charge in [0.15, 0.2) is 0 Å². The first-order valence-corrected chi connectivity index (χ1v) is 6.32. The Bertz CT molecular complexity index is 367. The second-order valence-electron chi connectivity index (χ2n) is 6.08. The Hall–Kier alpha value is -0.890. The third-order valence-electron chi connectivity index (χ3n) is 3.35. The lowest BCUT2D eigenvalue weighted by Gasteiger charge is -2.32. The van der Waals surface area contributed by atoms with E-state index in [0.717, 1.165) is 24.8 Å². The Morgan fingerprint density at radius 2 is 1.82 bits per heavy atom. The Morgan fingerprint density at radius 1 is 1.18 bits per heavy atom. The van der Waals surface area contributed by atoms with E-state index in [4.69, 9.17) is 5.73 Å². The van der Waals surface area contributed by atoms with E-state index in [-0.39, 0.29) is 11.2 Å². The molecule has 0 aliphatic carbocycles. The van der Waals surface area contributed by atoms with E-state index < -0.39 is 5.54 Å². The summed E-state index contributed by atoms with van der Waals surface area (Å²) in [5.74, 6) is -0.207. The molecule has 1 rings (SSSR count). The molecule has 1 atom stereocenters. The van der Waals surface area contributed by atoms with Crippen molar-refractivity contribution < 1.29 is 4.39 Å². The number of benzene rings is 1. The molecule has 17 heavy (non-hydrogen) atoms. The Morgan fingerprint density at radius 3 is 2.29 bits per heavy atom. The molecule has 2 N–H and O–H groups in total. The maximum Gasteiger partial charge on any atom is 0.123 e. The molecule has 0 amide bonds. The molecule has 0 bridgehead atoms. The molecule has 1 aromatic rings. The lowest BCUT2D eigenvalue weighted by Crippen LogP contribution is -2.37. The summed E-state index contributed by atoms with van der Waals surface area (Å²) in [7, 11) is 0. The number of halogens is 1. The summed E-state index contributed by atoms with van der Waals surface area (Å²) in [6, 6.07) is 6.68. The van der Waals surface area contributed by atoms with E-state index in [1.807, 2.05) is 6.07 Å². The molecule has 0 saturated heterocycles. The molecule has 0 spiro atoms. The molecular formula is C15H24FN. The summed E-state index contributed by atoms with van der Waals surface area (Å²) in [5.41, 5.74) is 7.18. The van der Waals surface area contributed by atoms with Gasteiger partial charge in [-0.05, 0) is 42.4 Å². The van der Waals surface area contributed by atoms with Crippen molar-refractivity contribution in [3.8, 4) is 0 Å². The van der Waals surface area contributed by atoms with E-state index >= 15 is 0 Å². The summed E-state index contributed by atoms with van der Waals surface area (Å²) in [6.45, 7) is 8.67. The molecule has 96 valence electrons. The zero-order chi connectivity index (χ0) is 13.1. The number of nitrogens with two attached hydrogens (primary N) is 1. The maximum atomic E-state index is 13.3. The van der Waals surface area contributed by atoms with Crippen LogP contribution in [0.2, 0.25) is 0 Å². The molecule has 0 saturated carbocycles. The van der Waals surface area contributed by atoms with Gasteiger partial charge in [0, 0.05) is 5.54 Å². The second kappa shape index (κ2) is 5.18. The third-order valence-corrected chi connectivity index (χ3v) is 3.35. The first-order chi connectivity index (χ1) is 7.77. The van der Waals surface area contributed by atoms with Crippen molar-refractivity contribution in [2.24, 2.45) is 11.1 Å². The molecule has 0 aromatic heterocycles. The SMILES string of the molecule is CCC(N)(CCC(C)(C)C)c1cccc(F)c1. The van der Waals surface area contributed by atoms with Crippen LogP contribution in [0.4, 0.5) is 4.39 Å². The van der Waals surface area contributed by atoms with Crippen molar-refractivity contribution in [3.05, 3.63) is 35.6 Å². The van der Waals surface area contributed by atoms with Crippen molar-refractivity contribution >= 4 is 0 Å². The van der Waals surface area contributed by atoms with Gasteiger partial charge in [-0.2, -0.15) is 0 Å². The summed E-state index contributed by atoms with van der Waals surface area (Å²) >= 11 is 0. The highest BCUT2D eigenvalue weighted by Gasteiger charge is 2.27. The standard InChI is InChI=1S/C15H24FN/c1-5-15(17,10-9-14(2,3)4)12-7-6-8-13(16)11-12/h6-8,11H,5,9-10,17H2,1-4H3. The van der Waals surface area contributed by atoms with Crippen LogP contribution < -0.4 is 5.73 Å². The van der Waals surface area contributed by atoms with Crippen molar-refractivity contribution in [3.63, 3.8) is 0 Å². The molecule has 0 heterocycles. The predicted octanol–water partition coefficient (Wildman–Crippen LogP) is 4.22. The van der Waals surface area contributed by atoms with Crippen LogP contribution in [0, 0.1) is 11.2 Å². The molecule has 0 fully saturated rings. The Labute approximate surface area is 104 Å². The van der Waals surface area contributed by atoms with Crippen molar-refractivity contribution in [2.75, 3.05) is 0 Å². The molecule has 1 unspecified atom stereocenters. The van der Waals surface area contributed by atoms with E-state index in [0.29, 0.717) is 0 Å². The van der Waals surface area contributed by atoms with Crippen LogP contribution in [0.15, 0.2) is 24.3 Å². The minimum absolute atomic E-state index is 0.207. The van der Waals surface area contributed by atoms with Gasteiger partial charge < -0.3 is 5.73 Å². The van der Waals surface area contributed by atoms with Crippen LogP contribution in [0.25, 0.3) is 0 Å². The van der Waals surface area contributed by atoms with Crippen LogP contribution in [0.1, 0.15) is 52.5 Å². The molecule has 2 heteroatoms. The lowest BCUT2D eigenvalue weighted by atomic mass is 9.78. The van der Waals surface area contributed by atoms with E-state index in [1.165, 1.54) is 6.07 Å². The molecular weight excluding hydrogens is 213 g/mol. The summed E-state index contributed by atoms with van der Waals surface area (Å²) in [5, 5.41) is 0. The van der Waals surface area contributed by atoms with Gasteiger partial charge >= 0.3 is 0 Å². The number of rotatable bonds is 4. The zero-order valence-electron chi connectivity index (χ0n) is 11.4. The predicted molar refractivity (Wildman–Crippen MR) is 71.2 cm³/mol. The summed E-state index contributed by atoms with van der Waals surface area (Å²) in [4.78, 5) is 0. The first-order valence-electron chi connectivity index (χ1n) is 6.32. The average molecular weight is 237 g/mol. The van der Waals surface area contributed by atoms with Gasteiger partial charge in [-0.1, -0.05) is 39.8 Å². The lowest BCUT2D eigenvalue weighted by molar-refractivity contribution is 0.287. The zero-order valence-corrected chi connectivity index (χ0v) is 11.4. The first kappa shape index (κ1) is 14.2. The Balaban J connectivity index is 2.88. The van der Waals surface area contributed by atoms with Crippen molar-refractivity contribution in [2.45, 2.75) is 52.5 Å². The normalized spacial score (nSPS) is 15.6. The van der Waals surface area contributed by atoms with Crippen LogP contribution in [-0.2, 0) is 5.54 Å². The minimum atomic E-state index is -0.407. The van der Waals surface area contributed by atoms with Crippen molar-refractivity contribution in [1.82, 2.24) is 0 Å². The second-order valence-corrected chi connectivity index (χ2v) is 6.08. The highest BCUT2D eigenvalue weighted by Crippen LogP contribution is 2.32. The molecule has 1 nitrogen and oxygen atoms in total. The molecule has 1 aromatic carbocycles. The van der Waals surface area contributed by atoms with E-state index in [2.05, 4.69) is 27.7 Å². The number of hydrogen-bond acceptors (Lipinski definition) is 1. The topological polar surface area (TPSA) is 26.0 Å². The molecule has 0 aliphatic heterocycles. The highest BCUT2D eigenvalue weighted by molar-refractivity contribution is 5.24. The van der Waals surface area contributed by atoms with Gasteiger partial charge in [0.05, 0.1) is 0 Å². The Kier molecular flexibility index (Phi) is 4.31. The van der Waals surface area contributed by atoms with Gasteiger partial charge in [0.1, 0.15) is 5.82 Å².